The maximum atomic E-state index is 11.0. The molecule has 0 bridgehead atoms. The quantitative estimate of drug-likeness (QED) is 0.664. The fourth-order valence-corrected chi connectivity index (χ4v) is 2.30. The van der Waals surface area contributed by atoms with E-state index in [1.54, 1.807) is 4.90 Å². The summed E-state index contributed by atoms with van der Waals surface area (Å²) in [5.74, 6) is 0. The van der Waals surface area contributed by atoms with Crippen molar-refractivity contribution in [3.8, 4) is 0 Å². The summed E-state index contributed by atoms with van der Waals surface area (Å²) in [6.45, 7) is 5.97. The molecule has 17 heavy (non-hydrogen) atoms. The third kappa shape index (κ3) is 4.91. The van der Waals surface area contributed by atoms with E-state index in [0.717, 1.165) is 25.7 Å². The highest BCUT2D eigenvalue weighted by Gasteiger charge is 2.24. The standard InChI is InChI=1S/C12H25N3O2/c1-3-6-12(2,17)9-14-10-4-7-15(8-5-10)11(13)16/h10,14,17H,3-9H2,1-2H3,(H2,13,16). The van der Waals surface area contributed by atoms with E-state index in [4.69, 9.17) is 5.73 Å². The van der Waals surface area contributed by atoms with Crippen LogP contribution in [0.15, 0.2) is 0 Å². The second-order valence-electron chi connectivity index (χ2n) is 5.23. The number of rotatable bonds is 5. The number of primary amides is 1. The first-order valence-electron chi connectivity index (χ1n) is 6.45. The average molecular weight is 243 g/mol. The van der Waals surface area contributed by atoms with Crippen molar-refractivity contribution in [3.63, 3.8) is 0 Å². The second-order valence-corrected chi connectivity index (χ2v) is 5.23. The molecule has 1 aliphatic heterocycles. The lowest BCUT2D eigenvalue weighted by atomic mass is 9.98. The Morgan fingerprint density at radius 3 is 2.59 bits per heavy atom. The first-order chi connectivity index (χ1) is 7.94. The normalized spacial score (nSPS) is 21.2. The highest BCUT2D eigenvalue weighted by molar-refractivity contribution is 5.72. The molecule has 5 heteroatoms. The number of hydrogen-bond donors (Lipinski definition) is 3. The minimum Gasteiger partial charge on any atom is -0.389 e. The fourth-order valence-electron chi connectivity index (χ4n) is 2.30. The van der Waals surface area contributed by atoms with Crippen molar-refractivity contribution in [1.29, 1.82) is 0 Å². The third-order valence-corrected chi connectivity index (χ3v) is 3.37. The predicted octanol–water partition coefficient (Wildman–Crippen LogP) is 0.670. The molecule has 0 radical (unpaired) electrons. The van der Waals surface area contributed by atoms with Crippen LogP contribution in [0.4, 0.5) is 4.79 Å². The van der Waals surface area contributed by atoms with Gasteiger partial charge in [-0.15, -0.1) is 0 Å². The molecule has 1 rings (SSSR count). The van der Waals surface area contributed by atoms with Crippen LogP contribution in [0.5, 0.6) is 0 Å². The molecule has 1 saturated heterocycles. The van der Waals surface area contributed by atoms with Crippen molar-refractivity contribution in [2.24, 2.45) is 5.73 Å². The van der Waals surface area contributed by atoms with E-state index in [2.05, 4.69) is 12.2 Å². The fraction of sp³-hybridized carbons (Fsp3) is 0.917. The first kappa shape index (κ1) is 14.3. The minimum absolute atomic E-state index is 0.332. The van der Waals surface area contributed by atoms with Gasteiger partial charge in [-0.2, -0.15) is 0 Å². The molecular formula is C12H25N3O2. The number of carbonyl (C=O) groups is 1. The van der Waals surface area contributed by atoms with Gasteiger partial charge in [0.2, 0.25) is 0 Å². The van der Waals surface area contributed by atoms with Crippen LogP contribution >= 0.6 is 0 Å². The minimum atomic E-state index is -0.629. The van der Waals surface area contributed by atoms with Crippen LogP contribution in [0.25, 0.3) is 0 Å². The smallest absolute Gasteiger partial charge is 0.314 e. The lowest BCUT2D eigenvalue weighted by Crippen LogP contribution is -2.49. The second kappa shape index (κ2) is 6.21. The van der Waals surface area contributed by atoms with Crippen LogP contribution in [-0.2, 0) is 0 Å². The van der Waals surface area contributed by atoms with Gasteiger partial charge in [0, 0.05) is 25.7 Å². The van der Waals surface area contributed by atoms with Crippen molar-refractivity contribution in [2.45, 2.75) is 51.2 Å². The zero-order chi connectivity index (χ0) is 12.9. The van der Waals surface area contributed by atoms with Gasteiger partial charge in [0.25, 0.3) is 0 Å². The summed E-state index contributed by atoms with van der Waals surface area (Å²) in [5, 5.41) is 13.4. The maximum Gasteiger partial charge on any atom is 0.314 e. The summed E-state index contributed by atoms with van der Waals surface area (Å²) in [5.41, 5.74) is 4.59. The molecule has 1 aliphatic rings. The lowest BCUT2D eigenvalue weighted by Gasteiger charge is -2.33. The number of hydrogen-bond acceptors (Lipinski definition) is 3. The molecule has 1 heterocycles. The number of carbonyl (C=O) groups excluding carboxylic acids is 1. The van der Waals surface area contributed by atoms with E-state index < -0.39 is 5.60 Å². The van der Waals surface area contributed by atoms with Crippen LogP contribution in [0.2, 0.25) is 0 Å². The third-order valence-electron chi connectivity index (χ3n) is 3.37. The highest BCUT2D eigenvalue weighted by Crippen LogP contribution is 2.14. The summed E-state index contributed by atoms with van der Waals surface area (Å²) in [6.07, 6.45) is 3.60. The molecule has 0 aromatic rings. The Labute approximate surface area is 103 Å². The summed E-state index contributed by atoms with van der Waals surface area (Å²) in [4.78, 5) is 12.6. The SMILES string of the molecule is CCCC(C)(O)CNC1CCN(C(N)=O)CC1. The predicted molar refractivity (Wildman–Crippen MR) is 67.7 cm³/mol. The van der Waals surface area contributed by atoms with Crippen molar-refractivity contribution in [3.05, 3.63) is 0 Å². The van der Waals surface area contributed by atoms with Gasteiger partial charge in [0.1, 0.15) is 0 Å². The molecule has 0 saturated carbocycles. The Balaban J connectivity index is 2.24. The molecule has 0 aliphatic carbocycles. The molecule has 1 atom stereocenters. The van der Waals surface area contributed by atoms with Crippen molar-refractivity contribution >= 4 is 6.03 Å². The molecule has 1 fully saturated rings. The van der Waals surface area contributed by atoms with Gasteiger partial charge in [0.05, 0.1) is 5.60 Å². The summed E-state index contributed by atoms with van der Waals surface area (Å²) >= 11 is 0. The van der Waals surface area contributed by atoms with Crippen LogP contribution in [0, 0.1) is 0 Å². The maximum absolute atomic E-state index is 11.0. The van der Waals surface area contributed by atoms with E-state index in [1.807, 2.05) is 6.92 Å². The molecule has 4 N–H and O–H groups in total. The summed E-state index contributed by atoms with van der Waals surface area (Å²) in [7, 11) is 0. The molecule has 2 amide bonds. The van der Waals surface area contributed by atoms with Crippen LogP contribution in [-0.4, -0.2) is 47.3 Å². The van der Waals surface area contributed by atoms with Gasteiger partial charge in [0.15, 0.2) is 0 Å². The van der Waals surface area contributed by atoms with Crippen molar-refractivity contribution in [2.75, 3.05) is 19.6 Å². The van der Waals surface area contributed by atoms with Gasteiger partial charge in [-0.05, 0) is 26.2 Å². The Morgan fingerprint density at radius 1 is 1.53 bits per heavy atom. The van der Waals surface area contributed by atoms with Gasteiger partial charge in [-0.25, -0.2) is 4.79 Å². The van der Waals surface area contributed by atoms with E-state index in [-0.39, 0.29) is 6.03 Å². The average Bonchev–Trinajstić information content (AvgIpc) is 2.27. The highest BCUT2D eigenvalue weighted by atomic mass is 16.3. The largest absolute Gasteiger partial charge is 0.389 e. The molecule has 0 aromatic carbocycles. The summed E-state index contributed by atoms with van der Waals surface area (Å²) < 4.78 is 0. The molecular weight excluding hydrogens is 218 g/mol. The van der Waals surface area contributed by atoms with Gasteiger partial charge >= 0.3 is 6.03 Å². The van der Waals surface area contributed by atoms with E-state index in [9.17, 15) is 9.90 Å². The lowest BCUT2D eigenvalue weighted by molar-refractivity contribution is 0.0446. The topological polar surface area (TPSA) is 78.6 Å². The number of nitrogens with two attached hydrogens (primary N) is 1. The molecule has 1 unspecified atom stereocenters. The molecule has 100 valence electrons. The molecule has 0 aromatic heterocycles. The number of likely N-dealkylation sites (tertiary alicyclic amines) is 1. The number of aliphatic hydroxyl groups is 1. The van der Waals surface area contributed by atoms with Crippen LogP contribution in [0.3, 0.4) is 0 Å². The van der Waals surface area contributed by atoms with E-state index >= 15 is 0 Å². The number of piperidine rings is 1. The molecule has 0 spiro atoms. The molecule has 5 nitrogen and oxygen atoms in total. The zero-order valence-corrected chi connectivity index (χ0v) is 10.9. The van der Waals surface area contributed by atoms with Crippen molar-refractivity contribution < 1.29 is 9.90 Å². The number of urea groups is 1. The van der Waals surface area contributed by atoms with Gasteiger partial charge in [-0.1, -0.05) is 13.3 Å². The van der Waals surface area contributed by atoms with Crippen molar-refractivity contribution in [1.82, 2.24) is 10.2 Å². The Kier molecular flexibility index (Phi) is 5.21. The Bertz CT molecular complexity index is 248. The van der Waals surface area contributed by atoms with Gasteiger partial charge in [-0.3, -0.25) is 0 Å². The number of amides is 2. The van der Waals surface area contributed by atoms with E-state index in [0.29, 0.717) is 25.7 Å². The number of nitrogens with one attached hydrogen (secondary N) is 1. The zero-order valence-electron chi connectivity index (χ0n) is 10.9. The first-order valence-corrected chi connectivity index (χ1v) is 6.45. The Hall–Kier alpha value is -0.810. The number of nitrogens with zero attached hydrogens (tertiary/aromatic N) is 1. The van der Waals surface area contributed by atoms with Gasteiger partial charge < -0.3 is 21.1 Å². The van der Waals surface area contributed by atoms with Crippen LogP contribution in [0.1, 0.15) is 39.5 Å². The van der Waals surface area contributed by atoms with Crippen LogP contribution < -0.4 is 11.1 Å². The van der Waals surface area contributed by atoms with E-state index in [1.165, 1.54) is 0 Å². The summed E-state index contributed by atoms with van der Waals surface area (Å²) in [6, 6.07) is 0.0513. The monoisotopic (exact) mass is 243 g/mol. The Morgan fingerprint density at radius 2 is 2.12 bits per heavy atom.